The lowest BCUT2D eigenvalue weighted by atomic mass is 10.1. The predicted molar refractivity (Wildman–Crippen MR) is 86.6 cm³/mol. The van der Waals surface area contributed by atoms with E-state index in [4.69, 9.17) is 10.8 Å². The van der Waals surface area contributed by atoms with E-state index in [1.807, 2.05) is 44.1 Å². The molecule has 0 aromatic heterocycles. The van der Waals surface area contributed by atoms with Gasteiger partial charge in [0.05, 0.1) is 16.9 Å². The quantitative estimate of drug-likeness (QED) is 0.752. The first kappa shape index (κ1) is 14.7. The monoisotopic (exact) mass is 285 g/mol. The molecule has 5 nitrogen and oxygen atoms in total. The van der Waals surface area contributed by atoms with Crippen molar-refractivity contribution in [2.75, 3.05) is 30.0 Å². The van der Waals surface area contributed by atoms with Crippen molar-refractivity contribution in [1.82, 2.24) is 0 Å². The van der Waals surface area contributed by atoms with Crippen LogP contribution in [0.2, 0.25) is 0 Å². The summed E-state index contributed by atoms with van der Waals surface area (Å²) < 4.78 is 0. The van der Waals surface area contributed by atoms with Crippen molar-refractivity contribution in [3.8, 4) is 0 Å². The normalized spacial score (nSPS) is 10.2. The molecule has 0 heterocycles. The molecule has 0 bridgehead atoms. The summed E-state index contributed by atoms with van der Waals surface area (Å²) in [6.45, 7) is 2.04. The molecule has 5 heteroatoms. The first-order chi connectivity index (χ1) is 9.88. The van der Waals surface area contributed by atoms with Crippen LogP contribution in [0.15, 0.2) is 36.4 Å². The van der Waals surface area contributed by atoms with Gasteiger partial charge in [-0.15, -0.1) is 0 Å². The van der Waals surface area contributed by atoms with E-state index in [2.05, 4.69) is 5.32 Å². The molecule has 110 valence electrons. The fraction of sp³-hybridized carbons (Fsp3) is 0.188. The lowest BCUT2D eigenvalue weighted by Gasteiger charge is -2.18. The molecular weight excluding hydrogens is 266 g/mol. The number of carbonyl (C=O) groups is 1. The topological polar surface area (TPSA) is 78.6 Å². The number of carboxylic acid groups (broad SMARTS) is 1. The highest BCUT2D eigenvalue weighted by atomic mass is 16.4. The van der Waals surface area contributed by atoms with Crippen molar-refractivity contribution >= 4 is 28.7 Å². The number of nitrogens with two attached hydrogens (primary N) is 1. The Bertz CT molecular complexity index is 681. The number of anilines is 4. The molecule has 4 N–H and O–H groups in total. The third-order valence-corrected chi connectivity index (χ3v) is 3.27. The third-order valence-electron chi connectivity index (χ3n) is 3.27. The largest absolute Gasteiger partial charge is 0.478 e. The van der Waals surface area contributed by atoms with Crippen LogP contribution in [0.1, 0.15) is 15.9 Å². The maximum atomic E-state index is 11.0. The smallest absolute Gasteiger partial charge is 0.335 e. The zero-order valence-electron chi connectivity index (χ0n) is 12.3. The van der Waals surface area contributed by atoms with E-state index in [9.17, 15) is 4.79 Å². The van der Waals surface area contributed by atoms with E-state index in [0.717, 1.165) is 16.9 Å². The second kappa shape index (κ2) is 5.75. The van der Waals surface area contributed by atoms with Crippen LogP contribution in [0, 0.1) is 6.92 Å². The van der Waals surface area contributed by atoms with Gasteiger partial charge in [0.2, 0.25) is 0 Å². The molecule has 2 aromatic rings. The van der Waals surface area contributed by atoms with Gasteiger partial charge in [-0.1, -0.05) is 6.07 Å². The van der Waals surface area contributed by atoms with Crippen LogP contribution in [0.4, 0.5) is 22.7 Å². The molecule has 0 unspecified atom stereocenters. The minimum Gasteiger partial charge on any atom is -0.478 e. The number of nitrogens with one attached hydrogen (secondary N) is 1. The Morgan fingerprint density at radius 2 is 1.90 bits per heavy atom. The summed E-state index contributed by atoms with van der Waals surface area (Å²) in [5, 5.41) is 12.2. The maximum absolute atomic E-state index is 11.0. The van der Waals surface area contributed by atoms with Crippen LogP contribution in [-0.4, -0.2) is 25.2 Å². The summed E-state index contributed by atoms with van der Waals surface area (Å²) in [6.07, 6.45) is 0. The number of rotatable bonds is 4. The van der Waals surface area contributed by atoms with Gasteiger partial charge < -0.3 is 21.1 Å². The predicted octanol–water partition coefficient (Wildman–Crippen LogP) is 3.09. The average Bonchev–Trinajstić information content (AvgIpc) is 2.42. The van der Waals surface area contributed by atoms with Crippen molar-refractivity contribution in [2.45, 2.75) is 6.92 Å². The van der Waals surface area contributed by atoms with Gasteiger partial charge in [-0.25, -0.2) is 4.79 Å². The highest BCUT2D eigenvalue weighted by Crippen LogP contribution is 2.28. The first-order valence-corrected chi connectivity index (χ1v) is 6.56. The highest BCUT2D eigenvalue weighted by molar-refractivity contribution is 5.91. The fourth-order valence-electron chi connectivity index (χ4n) is 2.12. The van der Waals surface area contributed by atoms with Crippen LogP contribution < -0.4 is 16.0 Å². The Morgan fingerprint density at radius 1 is 1.19 bits per heavy atom. The molecule has 0 aliphatic heterocycles. The molecular formula is C16H19N3O2. The molecule has 21 heavy (non-hydrogen) atoms. The standard InChI is InChI=1S/C16H19N3O2/c1-10-4-6-12(9-15(10)19(2)3)18-14-8-11(16(20)21)5-7-13(14)17/h4-9,18H,17H2,1-3H3,(H,20,21). The van der Waals surface area contributed by atoms with E-state index < -0.39 is 5.97 Å². The van der Waals surface area contributed by atoms with Crippen LogP contribution in [0.3, 0.4) is 0 Å². The van der Waals surface area contributed by atoms with Gasteiger partial charge >= 0.3 is 5.97 Å². The number of aryl methyl sites for hydroxylation is 1. The van der Waals surface area contributed by atoms with Crippen LogP contribution in [0.5, 0.6) is 0 Å². The number of hydrogen-bond donors (Lipinski definition) is 3. The molecule has 2 rings (SSSR count). The maximum Gasteiger partial charge on any atom is 0.335 e. The van der Waals surface area contributed by atoms with Crippen molar-refractivity contribution < 1.29 is 9.90 Å². The summed E-state index contributed by atoms with van der Waals surface area (Å²) in [5.41, 5.74) is 10.3. The molecule has 0 amide bonds. The van der Waals surface area contributed by atoms with Crippen LogP contribution >= 0.6 is 0 Å². The molecule has 0 saturated heterocycles. The van der Waals surface area contributed by atoms with Crippen molar-refractivity contribution in [1.29, 1.82) is 0 Å². The summed E-state index contributed by atoms with van der Waals surface area (Å²) >= 11 is 0. The van der Waals surface area contributed by atoms with Gasteiger partial charge in [0.15, 0.2) is 0 Å². The first-order valence-electron chi connectivity index (χ1n) is 6.56. The summed E-state index contributed by atoms with van der Waals surface area (Å²) in [7, 11) is 3.96. The van der Waals surface area contributed by atoms with Gasteiger partial charge in [0, 0.05) is 25.5 Å². The number of benzene rings is 2. The lowest BCUT2D eigenvalue weighted by Crippen LogP contribution is -2.10. The summed E-state index contributed by atoms with van der Waals surface area (Å²) in [5.74, 6) is -0.976. The number of nitrogens with zero attached hydrogens (tertiary/aromatic N) is 1. The van der Waals surface area contributed by atoms with E-state index in [0.29, 0.717) is 11.4 Å². The molecule has 0 aliphatic carbocycles. The second-order valence-electron chi connectivity index (χ2n) is 5.13. The van der Waals surface area contributed by atoms with E-state index in [1.54, 1.807) is 6.07 Å². The molecule has 0 aliphatic rings. The Hall–Kier alpha value is -2.69. The van der Waals surface area contributed by atoms with E-state index in [-0.39, 0.29) is 5.56 Å². The Kier molecular flexibility index (Phi) is 4.03. The number of aromatic carboxylic acids is 1. The van der Waals surface area contributed by atoms with Gasteiger partial charge in [-0.05, 0) is 42.8 Å². The Labute approximate surface area is 124 Å². The number of nitrogen functional groups attached to an aromatic ring is 1. The summed E-state index contributed by atoms with van der Waals surface area (Å²) in [4.78, 5) is 13.1. The molecule has 0 saturated carbocycles. The zero-order chi connectivity index (χ0) is 15.6. The summed E-state index contributed by atoms with van der Waals surface area (Å²) in [6, 6.07) is 10.6. The molecule has 0 fully saturated rings. The lowest BCUT2D eigenvalue weighted by molar-refractivity contribution is 0.0697. The third kappa shape index (κ3) is 3.25. The van der Waals surface area contributed by atoms with Gasteiger partial charge in [-0.2, -0.15) is 0 Å². The number of carboxylic acids is 1. The molecule has 0 atom stereocenters. The van der Waals surface area contributed by atoms with Gasteiger partial charge in [0.1, 0.15) is 0 Å². The SMILES string of the molecule is Cc1ccc(Nc2cc(C(=O)O)ccc2N)cc1N(C)C. The van der Waals surface area contributed by atoms with E-state index >= 15 is 0 Å². The van der Waals surface area contributed by atoms with Gasteiger partial charge in [-0.3, -0.25) is 0 Å². The Morgan fingerprint density at radius 3 is 2.52 bits per heavy atom. The van der Waals surface area contributed by atoms with Crippen LogP contribution in [-0.2, 0) is 0 Å². The second-order valence-corrected chi connectivity index (χ2v) is 5.13. The fourth-order valence-corrected chi connectivity index (χ4v) is 2.12. The van der Waals surface area contributed by atoms with Crippen LogP contribution in [0.25, 0.3) is 0 Å². The Balaban J connectivity index is 2.36. The van der Waals surface area contributed by atoms with E-state index in [1.165, 1.54) is 12.1 Å². The van der Waals surface area contributed by atoms with Crippen molar-refractivity contribution in [2.24, 2.45) is 0 Å². The molecule has 0 radical (unpaired) electrons. The zero-order valence-corrected chi connectivity index (χ0v) is 12.3. The minimum atomic E-state index is -0.976. The molecule has 0 spiro atoms. The number of hydrogen-bond acceptors (Lipinski definition) is 4. The van der Waals surface area contributed by atoms with Crippen molar-refractivity contribution in [3.63, 3.8) is 0 Å². The van der Waals surface area contributed by atoms with Gasteiger partial charge in [0.25, 0.3) is 0 Å². The van der Waals surface area contributed by atoms with Crippen molar-refractivity contribution in [3.05, 3.63) is 47.5 Å². The minimum absolute atomic E-state index is 0.201. The molecule has 2 aromatic carbocycles. The highest BCUT2D eigenvalue weighted by Gasteiger charge is 2.08. The average molecular weight is 285 g/mol.